The van der Waals surface area contributed by atoms with Crippen molar-refractivity contribution in [2.45, 2.75) is 95.3 Å². The number of nitrogens with one attached hydrogen (secondary N) is 5. The van der Waals surface area contributed by atoms with Gasteiger partial charge in [0.1, 0.15) is 6.42 Å². The van der Waals surface area contributed by atoms with Crippen molar-refractivity contribution in [3.8, 4) is 29.1 Å². The molecule has 10 fully saturated rings. The number of nitrogens with zero attached hydrogens (tertiary/aromatic N) is 23. The molecule has 5 N–H and O–H groups in total. The fraction of sp³-hybridized carbons (Fsp3) is 0.531. The molecule has 0 aliphatic carbocycles. The summed E-state index contributed by atoms with van der Waals surface area (Å²) in [6.07, 6.45) is 17.6. The maximum absolute atomic E-state index is 12.3. The van der Waals surface area contributed by atoms with Gasteiger partial charge in [0.2, 0.25) is 29.0 Å². The predicted octanol–water partition coefficient (Wildman–Crippen LogP) is 11.9. The molecule has 20 rings (SSSR count). The van der Waals surface area contributed by atoms with Gasteiger partial charge in [-0.15, -0.1) is 0 Å². The standard InChI is InChI=1S/C24H31N7O.C20H25ClN4O.C20H26N8O2.C17H25N7O.C15H22N2/c1-23-14-30(12-18-8-6-5-7-9-18)15-24(23,2)17-31(16-23)21-20(32-4)11-25-22(28-21)27-19-10-26-29(3)13-19;1-19-11-24(10-15-7-5-4-6-8-15)12-20(19,2)14-25(13-19)17-16(26-3)9-22-18(21)23-17;1-19-10-27(16(29)5-6-21)11-20(19,2)13-28(12-19)17-15(30-4)8-22-18(25-17)24-14-7-23-26(3)9-14;1-16-8-18-9-17(16,2)11-24(10-16)14-13(25-4)6-19-15(22-14)21-12-5-20-23(3)7-12;1-14-9-16-10-15(14,2)12-17(11-14)8-13-6-4-3-5-7-13/h5-11,13H,12,14-17H2,1-4H3,(H,25,27,28);4-9H,10-14H2,1-3H3;7-9H,5,10-13H2,1-4H3,(H,22,24,25);5-7,18H,8-11H2,1-4H3,(H,19,21,22);3-7,16H,8-12H2,1-2H3/t23-,24+;2*19-,20+;16-,17+;14-,15+. The Morgan fingerprint density at radius 3 is 0.915 bits per heavy atom. The number of hydrogen-bond acceptors (Lipinski definition) is 29. The largest absolute Gasteiger partial charge is 0.491 e. The number of likely N-dealkylation sites (tertiary alicyclic amines) is 4. The van der Waals surface area contributed by atoms with Crippen molar-refractivity contribution in [3.63, 3.8) is 0 Å². The Hall–Kier alpha value is -11.5. The van der Waals surface area contributed by atoms with Crippen LogP contribution in [-0.2, 0) is 45.6 Å². The maximum Gasteiger partial charge on any atom is 0.236 e. The van der Waals surface area contributed by atoms with Crippen molar-refractivity contribution in [3.05, 3.63) is 175 Å². The number of nitriles is 1. The summed E-state index contributed by atoms with van der Waals surface area (Å²) < 4.78 is 27.4. The Morgan fingerprint density at radius 1 is 0.377 bits per heavy atom. The highest BCUT2D eigenvalue weighted by atomic mass is 35.5. The molecule has 10 atom stereocenters. The molecule has 690 valence electrons. The molecular weight excluding hydrogens is 1660 g/mol. The van der Waals surface area contributed by atoms with Crippen LogP contribution in [0, 0.1) is 65.5 Å². The summed E-state index contributed by atoms with van der Waals surface area (Å²) in [5.41, 5.74) is 8.64. The van der Waals surface area contributed by atoms with Gasteiger partial charge >= 0.3 is 0 Å². The van der Waals surface area contributed by atoms with E-state index in [-0.39, 0.29) is 60.9 Å². The van der Waals surface area contributed by atoms with Crippen LogP contribution in [0.15, 0.2) is 153 Å². The molecule has 10 aliphatic rings. The van der Waals surface area contributed by atoms with Gasteiger partial charge in [-0.1, -0.05) is 160 Å². The molecule has 0 spiro atoms. The monoisotopic (exact) mass is 1790 g/mol. The van der Waals surface area contributed by atoms with E-state index in [9.17, 15) is 4.79 Å². The van der Waals surface area contributed by atoms with E-state index in [1.54, 1.807) is 85.9 Å². The number of aryl methyl sites for hydroxylation is 3. The molecule has 34 heteroatoms. The van der Waals surface area contributed by atoms with Gasteiger partial charge in [-0.05, 0) is 28.3 Å². The molecule has 33 nitrogen and oxygen atoms in total. The van der Waals surface area contributed by atoms with Gasteiger partial charge < -0.3 is 70.0 Å². The lowest BCUT2D eigenvalue weighted by Gasteiger charge is -2.31. The van der Waals surface area contributed by atoms with Crippen LogP contribution in [0.25, 0.3) is 0 Å². The number of halogens is 1. The summed E-state index contributed by atoms with van der Waals surface area (Å²) in [6, 6.07) is 34.3. The molecule has 10 aromatic rings. The van der Waals surface area contributed by atoms with Gasteiger partial charge in [0, 0.05) is 244 Å². The van der Waals surface area contributed by atoms with Crippen molar-refractivity contribution in [2.75, 3.05) is 195 Å². The van der Waals surface area contributed by atoms with Crippen molar-refractivity contribution < 1.29 is 23.7 Å². The van der Waals surface area contributed by atoms with Gasteiger partial charge in [-0.25, -0.2) is 19.9 Å². The SMILES string of the molecule is COc1cnc(Cl)nc1N1C[C@]2(C)CN(Cc3ccccc3)C[C@]2(C)C1.COc1cnc(Nc2cnn(C)c2)nc1N1C[C@]2(C)CN(C(=O)CC#N)C[C@]2(C)C1.COc1cnc(Nc2cnn(C)c2)nc1N1C[C@]2(C)CN(Cc3ccccc3)C[C@]2(C)C1.COc1cnc(Nc2cnn(C)c2)nc1N1C[C@]2(C)CNC[C@]2(C)C1.C[C@@]12CNC[C@]1(C)CN(Cc1ccccc1)C2. The smallest absolute Gasteiger partial charge is 0.236 e. The van der Waals surface area contributed by atoms with Crippen LogP contribution in [-0.4, -0.2) is 254 Å². The lowest BCUT2D eigenvalue weighted by atomic mass is 9.71. The van der Waals surface area contributed by atoms with E-state index < -0.39 is 0 Å². The molecule has 7 aromatic heterocycles. The second-order valence-corrected chi connectivity index (χ2v) is 40.9. The Kier molecular flexibility index (Phi) is 25.9. The quantitative estimate of drug-likeness (QED) is 0.0417. The molecule has 17 heterocycles. The molecule has 0 saturated carbocycles. The zero-order valence-electron chi connectivity index (χ0n) is 78.6. The highest BCUT2D eigenvalue weighted by Gasteiger charge is 2.62. The third kappa shape index (κ3) is 18.8. The summed E-state index contributed by atoms with van der Waals surface area (Å²) in [7, 11) is 12.2. The molecular formula is C96H129ClN28O5. The average molecular weight is 1790 g/mol. The van der Waals surface area contributed by atoms with Crippen molar-refractivity contribution in [2.24, 2.45) is 75.3 Å². The highest BCUT2D eigenvalue weighted by Crippen LogP contribution is 2.58. The van der Waals surface area contributed by atoms with E-state index in [0.717, 1.165) is 152 Å². The maximum atomic E-state index is 12.3. The molecule has 10 saturated heterocycles. The number of carbonyl (C=O) groups excluding carboxylic acids is 1. The van der Waals surface area contributed by atoms with Gasteiger partial charge in [-0.3, -0.25) is 33.5 Å². The van der Waals surface area contributed by atoms with Crippen LogP contribution < -0.4 is 65.1 Å². The molecule has 0 radical (unpaired) electrons. The van der Waals surface area contributed by atoms with Crippen LogP contribution in [0.2, 0.25) is 5.28 Å². The first-order valence-corrected chi connectivity index (χ1v) is 45.4. The minimum Gasteiger partial charge on any atom is -0.491 e. The van der Waals surface area contributed by atoms with Gasteiger partial charge in [0.25, 0.3) is 0 Å². The Labute approximate surface area is 769 Å². The Morgan fingerprint density at radius 2 is 0.638 bits per heavy atom. The second kappa shape index (κ2) is 36.7. The molecule has 10 aliphatic heterocycles. The first kappa shape index (κ1) is 91.8. The van der Waals surface area contributed by atoms with Gasteiger partial charge in [0.05, 0.1) is 94.9 Å². The predicted molar refractivity (Wildman–Crippen MR) is 506 cm³/mol. The van der Waals surface area contributed by atoms with E-state index in [4.69, 9.17) is 50.8 Å². The first-order valence-electron chi connectivity index (χ1n) is 45.0. The molecule has 3 aromatic carbocycles. The third-order valence-corrected chi connectivity index (χ3v) is 30.6. The third-order valence-electron chi connectivity index (χ3n) is 30.4. The van der Waals surface area contributed by atoms with E-state index in [0.29, 0.717) is 64.8 Å². The number of methoxy groups -OCH3 is 4. The number of carbonyl (C=O) groups is 1. The first-order chi connectivity index (χ1) is 62.1. The van der Waals surface area contributed by atoms with E-state index in [1.165, 1.54) is 42.9 Å². The van der Waals surface area contributed by atoms with Gasteiger partial charge in [-0.2, -0.15) is 40.5 Å². The van der Waals surface area contributed by atoms with Crippen molar-refractivity contribution in [1.29, 1.82) is 5.26 Å². The van der Waals surface area contributed by atoms with E-state index in [1.807, 2.05) is 50.7 Å². The molecule has 130 heavy (non-hydrogen) atoms. The number of ether oxygens (including phenoxy) is 4. The fourth-order valence-electron chi connectivity index (χ4n) is 22.0. The molecule has 0 bridgehead atoms. The summed E-state index contributed by atoms with van der Waals surface area (Å²) in [4.78, 5) is 67.1. The van der Waals surface area contributed by atoms with Crippen molar-refractivity contribution in [1.82, 2.24) is 99.4 Å². The summed E-state index contributed by atoms with van der Waals surface area (Å²) in [6.45, 7) is 46.3. The minimum absolute atomic E-state index is 0.0705. The van der Waals surface area contributed by atoms with E-state index >= 15 is 0 Å². The lowest BCUT2D eigenvalue weighted by Crippen LogP contribution is -2.36. The van der Waals surface area contributed by atoms with Crippen LogP contribution >= 0.6 is 11.6 Å². The number of anilines is 10. The van der Waals surface area contributed by atoms with Crippen LogP contribution in [0.4, 0.5) is 58.2 Å². The Bertz CT molecular complexity index is 5580. The summed E-state index contributed by atoms with van der Waals surface area (Å²) in [5.74, 6) is 7.40. The zero-order valence-corrected chi connectivity index (χ0v) is 79.4. The molecule has 1 amide bonds. The highest BCUT2D eigenvalue weighted by molar-refractivity contribution is 6.28. The van der Waals surface area contributed by atoms with Crippen LogP contribution in [0.3, 0.4) is 0 Å². The van der Waals surface area contributed by atoms with Gasteiger partial charge in [0.15, 0.2) is 46.3 Å². The number of rotatable bonds is 21. The fourth-order valence-corrected chi connectivity index (χ4v) is 22.2. The van der Waals surface area contributed by atoms with E-state index in [2.05, 4.69) is 261 Å². The number of fused-ring (bicyclic) bond motifs is 5. The lowest BCUT2D eigenvalue weighted by molar-refractivity contribution is -0.129. The number of amides is 1. The zero-order chi connectivity index (χ0) is 91.8. The second-order valence-electron chi connectivity index (χ2n) is 40.6. The van der Waals surface area contributed by atoms with Crippen LogP contribution in [0.1, 0.15) is 92.3 Å². The average Bonchev–Trinajstić information content (AvgIpc) is 1.57. The topological polar surface area (TPSA) is 320 Å². The summed E-state index contributed by atoms with van der Waals surface area (Å²) in [5, 5.41) is 38.4. The number of benzene rings is 3. The molecule has 0 unspecified atom stereocenters. The van der Waals surface area contributed by atoms with Crippen LogP contribution in [0.5, 0.6) is 23.0 Å². The number of hydrogen-bond donors (Lipinski definition) is 5. The number of aromatic nitrogens is 14. The summed E-state index contributed by atoms with van der Waals surface area (Å²) >= 11 is 6.04. The van der Waals surface area contributed by atoms with Crippen molar-refractivity contribution >= 4 is 75.7 Å². The minimum atomic E-state index is -0.106. The normalized spacial score (nSPS) is 28.0. The Balaban J connectivity index is 0.000000120.